The fraction of sp³-hybridized carbons (Fsp3) is 0.0909. The molecule has 0 amide bonds. The molecule has 0 unspecified atom stereocenters. The number of nitriles is 1. The summed E-state index contributed by atoms with van der Waals surface area (Å²) in [6, 6.07) is 3.97. The Balaban J connectivity index is 2.36. The fourth-order valence-electron chi connectivity index (χ4n) is 1.50. The number of aromatic nitrogens is 4. The number of benzene rings is 1. The van der Waals surface area contributed by atoms with Gasteiger partial charge in [0.25, 0.3) is 0 Å². The normalized spacial score (nSPS) is 12.0. The number of sulfone groups is 1. The lowest BCUT2D eigenvalue weighted by Gasteiger charge is -2.08. The average Bonchev–Trinajstić information content (AvgIpc) is 2.95. The highest BCUT2D eigenvalue weighted by Gasteiger charge is 2.16. The van der Waals surface area contributed by atoms with Crippen molar-refractivity contribution in [3.8, 4) is 6.07 Å². The van der Waals surface area contributed by atoms with Gasteiger partial charge in [0, 0.05) is 16.9 Å². The molecule has 0 spiro atoms. The molecule has 2 rings (SSSR count). The van der Waals surface area contributed by atoms with E-state index in [4.69, 9.17) is 5.26 Å². The standard InChI is InChI=1S/C11H8BrFN6O2S/c1-22(20,21)10-3-8(13)9(2-7(10)12)15-5-6(4-14)11-16-18-19-17-11/h2-3,5,15H,1H3,(H,16,17,18,19). The Hall–Kier alpha value is -2.32. The van der Waals surface area contributed by atoms with Crippen LogP contribution in [-0.2, 0) is 9.84 Å². The first-order chi connectivity index (χ1) is 10.3. The van der Waals surface area contributed by atoms with Crippen LogP contribution in [0.2, 0.25) is 0 Å². The van der Waals surface area contributed by atoms with Gasteiger partial charge in [-0.1, -0.05) is 0 Å². The van der Waals surface area contributed by atoms with E-state index in [1.54, 1.807) is 0 Å². The van der Waals surface area contributed by atoms with Crippen LogP contribution >= 0.6 is 15.9 Å². The first-order valence-corrected chi connectivity index (χ1v) is 8.31. The minimum absolute atomic E-state index is 0.0180. The molecule has 0 saturated heterocycles. The van der Waals surface area contributed by atoms with E-state index in [0.29, 0.717) is 0 Å². The van der Waals surface area contributed by atoms with Gasteiger partial charge in [-0.05, 0) is 33.3 Å². The van der Waals surface area contributed by atoms with Crippen LogP contribution in [0.4, 0.5) is 10.1 Å². The van der Waals surface area contributed by atoms with E-state index in [1.165, 1.54) is 12.3 Å². The number of nitrogens with zero attached hydrogens (tertiary/aromatic N) is 4. The minimum Gasteiger partial charge on any atom is -0.358 e. The SMILES string of the molecule is CS(=O)(=O)c1cc(F)c(NC=C(C#N)c2nn[nH]n2)cc1Br. The van der Waals surface area contributed by atoms with Crippen LogP contribution in [0, 0.1) is 17.1 Å². The molecule has 0 aliphatic rings. The van der Waals surface area contributed by atoms with Crippen LogP contribution in [-0.4, -0.2) is 35.3 Å². The van der Waals surface area contributed by atoms with Crippen LogP contribution < -0.4 is 5.32 Å². The number of hydrogen-bond donors (Lipinski definition) is 2. The molecule has 0 atom stereocenters. The molecule has 11 heteroatoms. The van der Waals surface area contributed by atoms with Crippen LogP contribution in [0.1, 0.15) is 5.82 Å². The zero-order valence-corrected chi connectivity index (χ0v) is 13.4. The smallest absolute Gasteiger partial charge is 0.216 e. The van der Waals surface area contributed by atoms with Gasteiger partial charge in [0.15, 0.2) is 9.84 Å². The number of anilines is 1. The largest absolute Gasteiger partial charge is 0.358 e. The van der Waals surface area contributed by atoms with Crippen molar-refractivity contribution in [1.82, 2.24) is 20.6 Å². The summed E-state index contributed by atoms with van der Waals surface area (Å²) in [7, 11) is -3.56. The molecule has 0 aliphatic heterocycles. The lowest BCUT2D eigenvalue weighted by atomic mass is 10.3. The summed E-state index contributed by atoms with van der Waals surface area (Å²) >= 11 is 3.07. The summed E-state index contributed by atoms with van der Waals surface area (Å²) < 4.78 is 37.1. The summed E-state index contributed by atoms with van der Waals surface area (Å²) in [5, 5.41) is 24.3. The monoisotopic (exact) mass is 386 g/mol. The maximum Gasteiger partial charge on any atom is 0.216 e. The van der Waals surface area contributed by atoms with Crippen LogP contribution in [0.15, 0.2) is 27.7 Å². The van der Waals surface area contributed by atoms with E-state index < -0.39 is 15.7 Å². The summed E-state index contributed by atoms with van der Waals surface area (Å²) in [6.07, 6.45) is 2.17. The van der Waals surface area contributed by atoms with Gasteiger partial charge in [-0.25, -0.2) is 12.8 Å². The zero-order valence-electron chi connectivity index (χ0n) is 11.0. The second-order valence-corrected chi connectivity index (χ2v) is 6.92. The van der Waals surface area contributed by atoms with E-state index >= 15 is 0 Å². The van der Waals surface area contributed by atoms with Crippen molar-refractivity contribution in [3.63, 3.8) is 0 Å². The molecule has 22 heavy (non-hydrogen) atoms. The number of aromatic amines is 1. The molecule has 1 aromatic heterocycles. The van der Waals surface area contributed by atoms with Crippen molar-refractivity contribution in [2.45, 2.75) is 4.90 Å². The molecule has 0 fully saturated rings. The molecule has 0 aliphatic carbocycles. The number of tetrazole rings is 1. The fourth-order valence-corrected chi connectivity index (χ4v) is 3.45. The number of rotatable bonds is 4. The molecule has 2 aromatic rings. The van der Waals surface area contributed by atoms with Crippen LogP contribution in [0.5, 0.6) is 0 Å². The highest BCUT2D eigenvalue weighted by atomic mass is 79.9. The van der Waals surface area contributed by atoms with Gasteiger partial charge >= 0.3 is 0 Å². The minimum atomic E-state index is -3.56. The molecule has 8 nitrogen and oxygen atoms in total. The third-order valence-corrected chi connectivity index (χ3v) is 4.55. The van der Waals surface area contributed by atoms with Gasteiger partial charge < -0.3 is 5.32 Å². The lowest BCUT2D eigenvalue weighted by molar-refractivity contribution is 0.596. The number of allylic oxidation sites excluding steroid dienone is 1. The van der Waals surface area contributed by atoms with Gasteiger partial charge in [-0.2, -0.15) is 10.5 Å². The topological polar surface area (TPSA) is 124 Å². The summed E-state index contributed by atoms with van der Waals surface area (Å²) in [4.78, 5) is -0.168. The third kappa shape index (κ3) is 3.46. The van der Waals surface area contributed by atoms with Gasteiger partial charge in [-0.3, -0.25) is 0 Å². The number of nitrogens with one attached hydrogen (secondary N) is 2. The number of hydrogen-bond acceptors (Lipinski definition) is 7. The Bertz CT molecular complexity index is 873. The molecule has 1 aromatic carbocycles. The Morgan fingerprint density at radius 3 is 2.82 bits per heavy atom. The highest BCUT2D eigenvalue weighted by molar-refractivity contribution is 9.10. The van der Waals surface area contributed by atoms with E-state index in [1.807, 2.05) is 6.07 Å². The highest BCUT2D eigenvalue weighted by Crippen LogP contribution is 2.28. The van der Waals surface area contributed by atoms with E-state index in [9.17, 15) is 12.8 Å². The average molecular weight is 387 g/mol. The molecule has 0 bridgehead atoms. The predicted octanol–water partition coefficient (Wildman–Crippen LogP) is 1.48. The first-order valence-electron chi connectivity index (χ1n) is 5.62. The summed E-state index contributed by atoms with van der Waals surface area (Å²) in [5.41, 5.74) is 0.00646. The Morgan fingerprint density at radius 1 is 1.55 bits per heavy atom. The quantitative estimate of drug-likeness (QED) is 0.762. The maximum atomic E-state index is 13.9. The molecule has 1 heterocycles. The summed E-state index contributed by atoms with van der Waals surface area (Å²) in [6.45, 7) is 0. The van der Waals surface area contributed by atoms with Crippen molar-refractivity contribution in [3.05, 3.63) is 34.4 Å². The Kier molecular flexibility index (Phi) is 4.53. The van der Waals surface area contributed by atoms with Crippen LogP contribution in [0.25, 0.3) is 5.57 Å². The lowest BCUT2D eigenvalue weighted by Crippen LogP contribution is -2.02. The maximum absolute atomic E-state index is 13.9. The molecular weight excluding hydrogens is 379 g/mol. The van der Waals surface area contributed by atoms with Crippen molar-refractivity contribution in [2.75, 3.05) is 11.6 Å². The van der Waals surface area contributed by atoms with Gasteiger partial charge in [0.05, 0.1) is 10.6 Å². The second kappa shape index (κ2) is 6.20. The first kappa shape index (κ1) is 16.1. The second-order valence-electron chi connectivity index (χ2n) is 4.08. The number of halogens is 2. The molecule has 114 valence electrons. The molecule has 2 N–H and O–H groups in total. The van der Waals surface area contributed by atoms with Crippen LogP contribution in [0.3, 0.4) is 0 Å². The Labute approximate surface area is 133 Å². The van der Waals surface area contributed by atoms with Crippen molar-refractivity contribution < 1.29 is 12.8 Å². The van der Waals surface area contributed by atoms with Crippen molar-refractivity contribution in [1.29, 1.82) is 5.26 Å². The van der Waals surface area contributed by atoms with E-state index in [2.05, 4.69) is 41.9 Å². The van der Waals surface area contributed by atoms with Gasteiger partial charge in [0.1, 0.15) is 17.5 Å². The van der Waals surface area contributed by atoms with Crippen molar-refractivity contribution >= 4 is 37.0 Å². The van der Waals surface area contributed by atoms with Crippen molar-refractivity contribution in [2.24, 2.45) is 0 Å². The molecule has 0 saturated carbocycles. The number of H-pyrrole nitrogens is 1. The van der Waals surface area contributed by atoms with E-state index in [-0.39, 0.29) is 26.5 Å². The Morgan fingerprint density at radius 2 is 2.27 bits per heavy atom. The third-order valence-electron chi connectivity index (χ3n) is 2.50. The van der Waals surface area contributed by atoms with E-state index in [0.717, 1.165) is 12.3 Å². The molecule has 0 radical (unpaired) electrons. The molecular formula is C11H8BrFN6O2S. The predicted molar refractivity (Wildman–Crippen MR) is 78.6 cm³/mol. The summed E-state index contributed by atoms with van der Waals surface area (Å²) in [5.74, 6) is -0.743. The zero-order chi connectivity index (χ0) is 16.3. The van der Waals surface area contributed by atoms with Gasteiger partial charge in [-0.15, -0.1) is 10.2 Å². The van der Waals surface area contributed by atoms with Gasteiger partial charge in [0.2, 0.25) is 5.82 Å².